The molecular weight excluding hydrogens is 246 g/mol. The molecule has 1 heterocycles. The number of nitrogen functional groups attached to an aromatic ring is 1. The van der Waals surface area contributed by atoms with E-state index in [1.807, 2.05) is 18.2 Å². The number of hydrogen-bond acceptors (Lipinski definition) is 2. The molecule has 0 atom stereocenters. The van der Waals surface area contributed by atoms with Crippen molar-refractivity contribution in [1.29, 1.82) is 0 Å². The lowest BCUT2D eigenvalue weighted by Gasteiger charge is -2.13. The summed E-state index contributed by atoms with van der Waals surface area (Å²) in [6.07, 6.45) is 0. The molecule has 20 heavy (non-hydrogen) atoms. The molecule has 1 aromatic heterocycles. The zero-order valence-electron chi connectivity index (χ0n) is 12.1. The first-order valence-corrected chi connectivity index (χ1v) is 6.91. The van der Waals surface area contributed by atoms with Crippen molar-refractivity contribution in [3.05, 3.63) is 48.0 Å². The number of nitrogens with two attached hydrogens (primary N) is 1. The second kappa shape index (κ2) is 4.67. The summed E-state index contributed by atoms with van der Waals surface area (Å²) in [7, 11) is 0. The third kappa shape index (κ3) is 2.05. The Bertz CT molecular complexity index is 769. The average Bonchev–Trinajstić information content (AvgIpc) is 2.77. The largest absolute Gasteiger partial charge is 0.399 e. The van der Waals surface area contributed by atoms with Crippen LogP contribution in [0, 0.1) is 6.92 Å². The van der Waals surface area contributed by atoms with E-state index in [1.165, 1.54) is 11.1 Å². The molecule has 0 aliphatic carbocycles. The van der Waals surface area contributed by atoms with Gasteiger partial charge in [0.25, 0.3) is 0 Å². The van der Waals surface area contributed by atoms with Crippen molar-refractivity contribution in [1.82, 2.24) is 9.55 Å². The lowest BCUT2D eigenvalue weighted by atomic mass is 10.2. The van der Waals surface area contributed by atoms with Gasteiger partial charge in [0.15, 0.2) is 0 Å². The van der Waals surface area contributed by atoms with E-state index in [-0.39, 0.29) is 0 Å². The highest BCUT2D eigenvalue weighted by Crippen LogP contribution is 2.29. The van der Waals surface area contributed by atoms with Crippen LogP contribution in [0.1, 0.15) is 25.5 Å². The minimum atomic E-state index is 0.346. The molecule has 2 N–H and O–H groups in total. The molecule has 0 radical (unpaired) electrons. The third-order valence-electron chi connectivity index (χ3n) is 3.51. The second-order valence-electron chi connectivity index (χ2n) is 5.52. The van der Waals surface area contributed by atoms with Gasteiger partial charge < -0.3 is 10.3 Å². The minimum Gasteiger partial charge on any atom is -0.399 e. The van der Waals surface area contributed by atoms with Crippen LogP contribution in [-0.4, -0.2) is 9.55 Å². The van der Waals surface area contributed by atoms with Crippen LogP contribution in [0.25, 0.3) is 22.4 Å². The number of imidazole rings is 1. The van der Waals surface area contributed by atoms with Gasteiger partial charge in [-0.25, -0.2) is 4.98 Å². The van der Waals surface area contributed by atoms with Gasteiger partial charge in [-0.1, -0.05) is 18.2 Å². The Kier molecular flexibility index (Phi) is 2.97. The van der Waals surface area contributed by atoms with E-state index in [0.717, 1.165) is 22.6 Å². The summed E-state index contributed by atoms with van der Waals surface area (Å²) in [4.78, 5) is 4.81. The molecule has 0 amide bonds. The number of fused-ring (bicyclic) bond motifs is 1. The van der Waals surface area contributed by atoms with Crippen molar-refractivity contribution < 1.29 is 0 Å². The Morgan fingerprint density at radius 3 is 2.60 bits per heavy atom. The first kappa shape index (κ1) is 12.7. The molecule has 2 aromatic carbocycles. The van der Waals surface area contributed by atoms with E-state index >= 15 is 0 Å². The Morgan fingerprint density at radius 1 is 1.10 bits per heavy atom. The third-order valence-corrected chi connectivity index (χ3v) is 3.51. The maximum absolute atomic E-state index is 5.90. The van der Waals surface area contributed by atoms with Crippen molar-refractivity contribution in [2.24, 2.45) is 0 Å². The van der Waals surface area contributed by atoms with E-state index in [4.69, 9.17) is 10.7 Å². The Labute approximate surface area is 119 Å². The fourth-order valence-electron chi connectivity index (χ4n) is 2.61. The zero-order valence-corrected chi connectivity index (χ0v) is 12.1. The molecule has 0 aliphatic heterocycles. The molecule has 0 saturated heterocycles. The molecule has 3 nitrogen and oxygen atoms in total. The average molecular weight is 265 g/mol. The molecule has 3 aromatic rings. The number of aryl methyl sites for hydroxylation is 1. The summed E-state index contributed by atoms with van der Waals surface area (Å²) in [6, 6.07) is 14.7. The summed E-state index contributed by atoms with van der Waals surface area (Å²) in [5.74, 6) is 0.980. The van der Waals surface area contributed by atoms with Crippen LogP contribution in [-0.2, 0) is 0 Å². The van der Waals surface area contributed by atoms with Gasteiger partial charge in [-0.3, -0.25) is 0 Å². The highest BCUT2D eigenvalue weighted by atomic mass is 15.1. The summed E-state index contributed by atoms with van der Waals surface area (Å²) in [5.41, 5.74) is 11.2. The molecule has 102 valence electrons. The quantitative estimate of drug-likeness (QED) is 0.706. The maximum atomic E-state index is 5.90. The first-order chi connectivity index (χ1) is 9.56. The molecule has 0 bridgehead atoms. The van der Waals surface area contributed by atoms with Gasteiger partial charge in [0, 0.05) is 17.3 Å². The normalized spacial score (nSPS) is 11.4. The smallest absolute Gasteiger partial charge is 0.141 e. The summed E-state index contributed by atoms with van der Waals surface area (Å²) >= 11 is 0. The van der Waals surface area contributed by atoms with Crippen LogP contribution in [0.3, 0.4) is 0 Å². The molecule has 0 spiro atoms. The predicted octanol–water partition coefficient (Wildman–Crippen LogP) is 4.17. The first-order valence-electron chi connectivity index (χ1n) is 6.91. The van der Waals surface area contributed by atoms with Crippen molar-refractivity contribution in [2.45, 2.75) is 26.8 Å². The van der Waals surface area contributed by atoms with E-state index in [2.05, 4.69) is 49.6 Å². The Morgan fingerprint density at radius 2 is 1.90 bits per heavy atom. The lowest BCUT2D eigenvalue weighted by Crippen LogP contribution is -2.03. The van der Waals surface area contributed by atoms with E-state index < -0.39 is 0 Å². The second-order valence-corrected chi connectivity index (χ2v) is 5.52. The van der Waals surface area contributed by atoms with Gasteiger partial charge in [0.05, 0.1) is 11.0 Å². The van der Waals surface area contributed by atoms with Gasteiger partial charge in [0.1, 0.15) is 5.82 Å². The molecule has 0 fully saturated rings. The van der Waals surface area contributed by atoms with Crippen molar-refractivity contribution in [3.63, 3.8) is 0 Å². The fourth-order valence-corrected chi connectivity index (χ4v) is 2.61. The Balaban J connectivity index is 2.32. The monoisotopic (exact) mass is 265 g/mol. The standard InChI is InChI=1S/C17H19N3/c1-11(2)20-16-8-7-12(3)9-15(16)19-17(20)13-5-4-6-14(18)10-13/h4-11H,18H2,1-3H3. The molecular formula is C17H19N3. The van der Waals surface area contributed by atoms with E-state index in [0.29, 0.717) is 6.04 Å². The predicted molar refractivity (Wildman–Crippen MR) is 84.7 cm³/mol. The van der Waals surface area contributed by atoms with Gasteiger partial charge >= 0.3 is 0 Å². The Hall–Kier alpha value is -2.29. The number of rotatable bonds is 2. The van der Waals surface area contributed by atoms with Crippen LogP contribution >= 0.6 is 0 Å². The van der Waals surface area contributed by atoms with E-state index in [1.54, 1.807) is 0 Å². The van der Waals surface area contributed by atoms with Gasteiger partial charge in [-0.05, 0) is 50.6 Å². The number of nitrogens with zero attached hydrogens (tertiary/aromatic N) is 2. The highest BCUT2D eigenvalue weighted by Gasteiger charge is 2.14. The SMILES string of the molecule is Cc1ccc2c(c1)nc(-c1cccc(N)c1)n2C(C)C. The van der Waals surface area contributed by atoms with Crippen LogP contribution in [0.2, 0.25) is 0 Å². The maximum Gasteiger partial charge on any atom is 0.141 e. The van der Waals surface area contributed by atoms with Gasteiger partial charge in [-0.2, -0.15) is 0 Å². The van der Waals surface area contributed by atoms with Crippen LogP contribution in [0.15, 0.2) is 42.5 Å². The van der Waals surface area contributed by atoms with Crippen molar-refractivity contribution in [2.75, 3.05) is 5.73 Å². The van der Waals surface area contributed by atoms with Gasteiger partial charge in [0.2, 0.25) is 0 Å². The van der Waals surface area contributed by atoms with Crippen LogP contribution in [0.4, 0.5) is 5.69 Å². The minimum absolute atomic E-state index is 0.346. The van der Waals surface area contributed by atoms with Crippen LogP contribution in [0.5, 0.6) is 0 Å². The van der Waals surface area contributed by atoms with Gasteiger partial charge in [-0.15, -0.1) is 0 Å². The number of aromatic nitrogens is 2. The van der Waals surface area contributed by atoms with Crippen molar-refractivity contribution in [3.8, 4) is 11.4 Å². The molecule has 0 aliphatic rings. The van der Waals surface area contributed by atoms with Crippen LogP contribution < -0.4 is 5.73 Å². The topological polar surface area (TPSA) is 43.8 Å². The molecule has 0 unspecified atom stereocenters. The lowest BCUT2D eigenvalue weighted by molar-refractivity contribution is 0.624. The number of benzene rings is 2. The fraction of sp³-hybridized carbons (Fsp3) is 0.235. The number of hydrogen-bond donors (Lipinski definition) is 1. The highest BCUT2D eigenvalue weighted by molar-refractivity contribution is 5.82. The summed E-state index contributed by atoms with van der Waals surface area (Å²) in [5, 5.41) is 0. The molecule has 3 rings (SSSR count). The molecule has 3 heteroatoms. The van der Waals surface area contributed by atoms with E-state index in [9.17, 15) is 0 Å². The zero-order chi connectivity index (χ0) is 14.3. The van der Waals surface area contributed by atoms with Crippen molar-refractivity contribution >= 4 is 16.7 Å². The number of anilines is 1. The molecule has 0 saturated carbocycles. The summed E-state index contributed by atoms with van der Waals surface area (Å²) < 4.78 is 2.27. The summed E-state index contributed by atoms with van der Waals surface area (Å²) in [6.45, 7) is 6.45.